The van der Waals surface area contributed by atoms with E-state index in [4.69, 9.17) is 0 Å². The first-order chi connectivity index (χ1) is 7.98. The van der Waals surface area contributed by atoms with Crippen LogP contribution < -0.4 is 0 Å². The highest BCUT2D eigenvalue weighted by Crippen LogP contribution is 2.37. The number of piperidine rings is 1. The molecule has 2 unspecified atom stereocenters. The van der Waals surface area contributed by atoms with Crippen LogP contribution in [0.3, 0.4) is 0 Å². The predicted octanol–water partition coefficient (Wildman–Crippen LogP) is 3.26. The molecule has 2 fully saturated rings. The Bertz CT molecular complexity index is 285. The van der Waals surface area contributed by atoms with Gasteiger partial charge >= 0.3 is 0 Å². The minimum Gasteiger partial charge on any atom is -0.300 e. The zero-order chi connectivity index (χ0) is 12.5. The largest absolute Gasteiger partial charge is 0.300 e. The maximum atomic E-state index is 12.0. The summed E-state index contributed by atoms with van der Waals surface area (Å²) >= 11 is 0. The summed E-state index contributed by atoms with van der Waals surface area (Å²) < 4.78 is 0. The standard InChI is InChI=1S/C15H27NO/c1-12-6-4-5-9-16(12)11-13-10-15(2,3)8-7-14(13)17/h12-13H,4-11H2,1-3H3. The van der Waals surface area contributed by atoms with Gasteiger partial charge in [-0.1, -0.05) is 20.3 Å². The van der Waals surface area contributed by atoms with Gasteiger partial charge in [-0.3, -0.25) is 9.69 Å². The number of likely N-dealkylation sites (tertiary alicyclic amines) is 1. The van der Waals surface area contributed by atoms with Gasteiger partial charge in [0.2, 0.25) is 0 Å². The number of carbonyl (C=O) groups is 1. The topological polar surface area (TPSA) is 20.3 Å². The van der Waals surface area contributed by atoms with Crippen molar-refractivity contribution in [3.8, 4) is 0 Å². The van der Waals surface area contributed by atoms with E-state index in [2.05, 4.69) is 25.7 Å². The fraction of sp³-hybridized carbons (Fsp3) is 0.933. The first-order valence-corrected chi connectivity index (χ1v) is 7.25. The predicted molar refractivity (Wildman–Crippen MR) is 71.0 cm³/mol. The third-order valence-electron chi connectivity index (χ3n) is 4.70. The Morgan fingerprint density at radius 1 is 1.35 bits per heavy atom. The van der Waals surface area contributed by atoms with E-state index in [1.54, 1.807) is 0 Å². The van der Waals surface area contributed by atoms with Crippen LogP contribution in [0.4, 0.5) is 0 Å². The van der Waals surface area contributed by atoms with Crippen molar-refractivity contribution in [1.82, 2.24) is 4.90 Å². The first kappa shape index (κ1) is 13.1. The number of nitrogens with zero attached hydrogens (tertiary/aromatic N) is 1. The second-order valence-electron chi connectivity index (χ2n) is 6.87. The molecule has 0 bridgehead atoms. The van der Waals surface area contributed by atoms with E-state index in [0.29, 0.717) is 23.2 Å². The molecule has 0 N–H and O–H groups in total. The van der Waals surface area contributed by atoms with Crippen molar-refractivity contribution in [1.29, 1.82) is 0 Å². The van der Waals surface area contributed by atoms with Crippen LogP contribution in [0.5, 0.6) is 0 Å². The Balaban J connectivity index is 1.94. The van der Waals surface area contributed by atoms with Gasteiger partial charge in [-0.05, 0) is 44.6 Å². The molecule has 2 nitrogen and oxygen atoms in total. The summed E-state index contributed by atoms with van der Waals surface area (Å²) in [4.78, 5) is 14.6. The maximum absolute atomic E-state index is 12.0. The molecule has 2 aliphatic rings. The van der Waals surface area contributed by atoms with E-state index in [9.17, 15) is 4.79 Å². The average molecular weight is 237 g/mol. The van der Waals surface area contributed by atoms with Crippen molar-refractivity contribution in [3.63, 3.8) is 0 Å². The Morgan fingerprint density at radius 2 is 2.12 bits per heavy atom. The van der Waals surface area contributed by atoms with E-state index < -0.39 is 0 Å². The highest BCUT2D eigenvalue weighted by molar-refractivity contribution is 5.82. The van der Waals surface area contributed by atoms with Gasteiger partial charge in [0, 0.05) is 24.9 Å². The van der Waals surface area contributed by atoms with Gasteiger partial charge < -0.3 is 0 Å². The van der Waals surface area contributed by atoms with Crippen LogP contribution in [-0.4, -0.2) is 29.8 Å². The third kappa shape index (κ3) is 3.31. The molecule has 0 aromatic heterocycles. The monoisotopic (exact) mass is 237 g/mol. The molecule has 2 rings (SSSR count). The smallest absolute Gasteiger partial charge is 0.137 e. The van der Waals surface area contributed by atoms with Gasteiger partial charge in [-0.15, -0.1) is 0 Å². The van der Waals surface area contributed by atoms with Crippen molar-refractivity contribution >= 4 is 5.78 Å². The highest BCUT2D eigenvalue weighted by Gasteiger charge is 2.35. The molecular weight excluding hydrogens is 210 g/mol. The molecule has 1 saturated carbocycles. The number of hydrogen-bond acceptors (Lipinski definition) is 2. The van der Waals surface area contributed by atoms with Gasteiger partial charge in [0.1, 0.15) is 5.78 Å². The van der Waals surface area contributed by atoms with E-state index in [0.717, 1.165) is 25.8 Å². The molecule has 0 amide bonds. The van der Waals surface area contributed by atoms with Crippen molar-refractivity contribution in [2.75, 3.05) is 13.1 Å². The molecule has 98 valence electrons. The van der Waals surface area contributed by atoms with E-state index in [-0.39, 0.29) is 0 Å². The van der Waals surface area contributed by atoms with Crippen molar-refractivity contribution in [2.45, 2.75) is 65.3 Å². The highest BCUT2D eigenvalue weighted by atomic mass is 16.1. The summed E-state index contributed by atoms with van der Waals surface area (Å²) in [5.74, 6) is 0.821. The van der Waals surface area contributed by atoms with Crippen LogP contribution in [-0.2, 0) is 4.79 Å². The summed E-state index contributed by atoms with van der Waals surface area (Å²) in [5, 5.41) is 0. The average Bonchev–Trinajstić information content (AvgIpc) is 2.26. The molecule has 1 aliphatic carbocycles. The van der Waals surface area contributed by atoms with Gasteiger partial charge in [0.25, 0.3) is 0 Å². The molecule has 17 heavy (non-hydrogen) atoms. The van der Waals surface area contributed by atoms with E-state index in [1.807, 2.05) is 0 Å². The van der Waals surface area contributed by atoms with Crippen LogP contribution in [0.1, 0.15) is 59.3 Å². The zero-order valence-corrected chi connectivity index (χ0v) is 11.7. The zero-order valence-electron chi connectivity index (χ0n) is 11.7. The number of hydrogen-bond donors (Lipinski definition) is 0. The maximum Gasteiger partial charge on any atom is 0.137 e. The number of Topliss-reactive ketones (excluding diaryl/α,β-unsaturated/α-hetero) is 1. The van der Waals surface area contributed by atoms with E-state index in [1.165, 1.54) is 25.8 Å². The fourth-order valence-corrected chi connectivity index (χ4v) is 3.43. The second kappa shape index (κ2) is 5.09. The first-order valence-electron chi connectivity index (χ1n) is 7.25. The summed E-state index contributed by atoms with van der Waals surface area (Å²) in [5.41, 5.74) is 0.373. The van der Waals surface area contributed by atoms with Gasteiger partial charge in [0.15, 0.2) is 0 Å². The SMILES string of the molecule is CC1CCCCN1CC1CC(C)(C)CCC1=O. The molecule has 0 aromatic carbocycles. The lowest BCUT2D eigenvalue weighted by Crippen LogP contribution is -2.44. The molecule has 1 heterocycles. The summed E-state index contributed by atoms with van der Waals surface area (Å²) in [6.45, 7) is 9.16. The summed E-state index contributed by atoms with van der Waals surface area (Å²) in [6, 6.07) is 0.682. The minimum absolute atomic E-state index is 0.305. The quantitative estimate of drug-likeness (QED) is 0.735. The summed E-state index contributed by atoms with van der Waals surface area (Å²) in [6.07, 6.45) is 6.97. The Labute approximate surface area is 106 Å². The lowest BCUT2D eigenvalue weighted by Gasteiger charge is -2.40. The van der Waals surface area contributed by atoms with Gasteiger partial charge in [-0.2, -0.15) is 0 Å². The van der Waals surface area contributed by atoms with Crippen molar-refractivity contribution in [3.05, 3.63) is 0 Å². The summed E-state index contributed by atoms with van der Waals surface area (Å²) in [7, 11) is 0. The minimum atomic E-state index is 0.305. The van der Waals surface area contributed by atoms with Crippen LogP contribution in [0.15, 0.2) is 0 Å². The second-order valence-corrected chi connectivity index (χ2v) is 6.87. The normalized spacial score (nSPS) is 34.9. The lowest BCUT2D eigenvalue weighted by atomic mass is 9.71. The Kier molecular flexibility index (Phi) is 3.92. The molecule has 1 saturated heterocycles. The fourth-order valence-electron chi connectivity index (χ4n) is 3.43. The number of rotatable bonds is 2. The van der Waals surface area contributed by atoms with Crippen LogP contribution in [0.25, 0.3) is 0 Å². The number of ketones is 1. The van der Waals surface area contributed by atoms with E-state index >= 15 is 0 Å². The van der Waals surface area contributed by atoms with Crippen LogP contribution in [0.2, 0.25) is 0 Å². The van der Waals surface area contributed by atoms with Crippen molar-refractivity contribution in [2.24, 2.45) is 11.3 Å². The Morgan fingerprint density at radius 3 is 2.82 bits per heavy atom. The Hall–Kier alpha value is -0.370. The van der Waals surface area contributed by atoms with Crippen molar-refractivity contribution < 1.29 is 4.79 Å². The third-order valence-corrected chi connectivity index (χ3v) is 4.70. The number of carbonyl (C=O) groups excluding carboxylic acids is 1. The van der Waals surface area contributed by atoms with Crippen LogP contribution >= 0.6 is 0 Å². The molecule has 2 heteroatoms. The molecule has 0 spiro atoms. The van der Waals surface area contributed by atoms with Crippen LogP contribution in [0, 0.1) is 11.3 Å². The van der Waals surface area contributed by atoms with Gasteiger partial charge in [0.05, 0.1) is 0 Å². The molecule has 0 radical (unpaired) electrons. The lowest BCUT2D eigenvalue weighted by molar-refractivity contribution is -0.128. The molecule has 0 aromatic rings. The molecular formula is C15H27NO. The molecule has 2 atom stereocenters. The molecule has 1 aliphatic heterocycles. The van der Waals surface area contributed by atoms with Gasteiger partial charge in [-0.25, -0.2) is 0 Å².